The van der Waals surface area contributed by atoms with E-state index in [2.05, 4.69) is 5.32 Å². The van der Waals surface area contributed by atoms with E-state index in [1.165, 1.54) is 0 Å². The van der Waals surface area contributed by atoms with Gasteiger partial charge in [0.2, 0.25) is 0 Å². The summed E-state index contributed by atoms with van der Waals surface area (Å²) in [6, 6.07) is 5.18. The van der Waals surface area contributed by atoms with Gasteiger partial charge in [-0.2, -0.15) is 0 Å². The summed E-state index contributed by atoms with van der Waals surface area (Å²) in [5.74, 6) is 0.220. The summed E-state index contributed by atoms with van der Waals surface area (Å²) in [7, 11) is -2.89. The number of nitrogens with one attached hydrogen (secondary N) is 1. The van der Waals surface area contributed by atoms with E-state index in [0.717, 1.165) is 5.56 Å². The fourth-order valence-corrected chi connectivity index (χ4v) is 4.11. The highest BCUT2D eigenvalue weighted by Crippen LogP contribution is 2.18. The van der Waals surface area contributed by atoms with Gasteiger partial charge in [0.15, 0.2) is 9.84 Å². The summed E-state index contributed by atoms with van der Waals surface area (Å²) in [6.07, 6.45) is 0.624. The average molecular weight is 282 g/mol. The average Bonchev–Trinajstić information content (AvgIpc) is 2.69. The molecule has 2 rings (SSSR count). The molecule has 19 heavy (non-hydrogen) atoms. The second kappa shape index (κ2) is 5.21. The Morgan fingerprint density at radius 3 is 2.84 bits per heavy atom. The SMILES string of the molecule is Cc1ccc(N)cc1C(=O)NCC1CCS(=O)(=O)C1. The fourth-order valence-electron chi connectivity index (χ4n) is 2.25. The molecule has 3 N–H and O–H groups in total. The monoisotopic (exact) mass is 282 g/mol. The van der Waals surface area contributed by atoms with Crippen molar-refractivity contribution in [3.8, 4) is 0 Å². The van der Waals surface area contributed by atoms with Crippen molar-refractivity contribution in [1.29, 1.82) is 0 Å². The summed E-state index contributed by atoms with van der Waals surface area (Å²) in [4.78, 5) is 12.0. The van der Waals surface area contributed by atoms with Gasteiger partial charge in [0.05, 0.1) is 11.5 Å². The van der Waals surface area contributed by atoms with Crippen LogP contribution in [0.2, 0.25) is 0 Å². The van der Waals surface area contributed by atoms with Crippen LogP contribution >= 0.6 is 0 Å². The number of rotatable bonds is 3. The molecule has 1 unspecified atom stereocenters. The van der Waals surface area contributed by atoms with E-state index in [9.17, 15) is 13.2 Å². The van der Waals surface area contributed by atoms with Gasteiger partial charge in [0.1, 0.15) is 0 Å². The van der Waals surface area contributed by atoms with Crippen molar-refractivity contribution in [3.05, 3.63) is 29.3 Å². The lowest BCUT2D eigenvalue weighted by atomic mass is 10.1. The second-order valence-electron chi connectivity index (χ2n) is 5.05. The molecule has 0 spiro atoms. The van der Waals surface area contributed by atoms with Crippen molar-refractivity contribution in [2.24, 2.45) is 5.92 Å². The normalized spacial score (nSPS) is 21.2. The minimum absolute atomic E-state index is 0.0234. The highest BCUT2D eigenvalue weighted by molar-refractivity contribution is 7.91. The molecule has 104 valence electrons. The molecule has 1 aromatic rings. The quantitative estimate of drug-likeness (QED) is 0.800. The number of sulfone groups is 1. The Kier molecular flexibility index (Phi) is 3.80. The van der Waals surface area contributed by atoms with Crippen molar-refractivity contribution in [2.75, 3.05) is 23.8 Å². The molecule has 1 aromatic carbocycles. The Bertz CT molecular complexity index is 596. The van der Waals surface area contributed by atoms with Crippen LogP contribution in [0, 0.1) is 12.8 Å². The maximum absolute atomic E-state index is 12.0. The number of nitrogen functional groups attached to an aromatic ring is 1. The first kappa shape index (κ1) is 13.9. The molecule has 6 heteroatoms. The molecule has 1 aliphatic rings. The predicted octanol–water partition coefficient (Wildman–Crippen LogP) is 0.742. The van der Waals surface area contributed by atoms with Crippen LogP contribution in [0.1, 0.15) is 22.3 Å². The molecule has 1 saturated heterocycles. The third-order valence-corrected chi connectivity index (χ3v) is 5.22. The molecule has 1 atom stereocenters. The van der Waals surface area contributed by atoms with E-state index in [1.54, 1.807) is 18.2 Å². The largest absolute Gasteiger partial charge is 0.399 e. The Labute approximate surface area is 113 Å². The van der Waals surface area contributed by atoms with Crippen LogP contribution in [0.4, 0.5) is 5.69 Å². The van der Waals surface area contributed by atoms with Crippen molar-refractivity contribution >= 4 is 21.4 Å². The second-order valence-corrected chi connectivity index (χ2v) is 7.28. The van der Waals surface area contributed by atoms with E-state index in [0.29, 0.717) is 24.2 Å². The van der Waals surface area contributed by atoms with Crippen molar-refractivity contribution in [1.82, 2.24) is 5.32 Å². The number of aryl methyl sites for hydroxylation is 1. The number of carbonyl (C=O) groups excluding carboxylic acids is 1. The van der Waals surface area contributed by atoms with Crippen molar-refractivity contribution in [3.63, 3.8) is 0 Å². The van der Waals surface area contributed by atoms with Gasteiger partial charge in [-0.15, -0.1) is 0 Å². The van der Waals surface area contributed by atoms with Gasteiger partial charge in [-0.25, -0.2) is 8.42 Å². The molecule has 1 aliphatic heterocycles. The van der Waals surface area contributed by atoms with E-state index >= 15 is 0 Å². The smallest absolute Gasteiger partial charge is 0.251 e. The Hall–Kier alpha value is -1.56. The molecule has 0 bridgehead atoms. The molecule has 0 saturated carbocycles. The maximum Gasteiger partial charge on any atom is 0.251 e. The molecule has 0 aliphatic carbocycles. The van der Waals surface area contributed by atoms with Gasteiger partial charge in [-0.1, -0.05) is 6.07 Å². The number of amides is 1. The van der Waals surface area contributed by atoms with E-state index in [-0.39, 0.29) is 23.3 Å². The van der Waals surface area contributed by atoms with Crippen LogP contribution in [0.5, 0.6) is 0 Å². The lowest BCUT2D eigenvalue weighted by Gasteiger charge is -2.11. The lowest BCUT2D eigenvalue weighted by Crippen LogP contribution is -2.30. The van der Waals surface area contributed by atoms with Gasteiger partial charge in [0, 0.05) is 17.8 Å². The summed E-state index contributed by atoms with van der Waals surface area (Å²) in [5.41, 5.74) is 7.60. The van der Waals surface area contributed by atoms with Gasteiger partial charge >= 0.3 is 0 Å². The Balaban J connectivity index is 1.97. The minimum atomic E-state index is -2.89. The van der Waals surface area contributed by atoms with Crippen LogP contribution in [-0.2, 0) is 9.84 Å². The first-order valence-electron chi connectivity index (χ1n) is 6.22. The number of hydrogen-bond donors (Lipinski definition) is 2. The zero-order valence-corrected chi connectivity index (χ0v) is 11.7. The maximum atomic E-state index is 12.0. The summed E-state index contributed by atoms with van der Waals surface area (Å²) < 4.78 is 22.7. The first-order valence-corrected chi connectivity index (χ1v) is 8.04. The molecule has 0 radical (unpaired) electrons. The molecule has 1 fully saturated rings. The number of carbonyl (C=O) groups is 1. The zero-order valence-electron chi connectivity index (χ0n) is 10.8. The van der Waals surface area contributed by atoms with Gasteiger partial charge < -0.3 is 11.1 Å². The van der Waals surface area contributed by atoms with E-state index in [4.69, 9.17) is 5.73 Å². The highest BCUT2D eigenvalue weighted by atomic mass is 32.2. The molecule has 1 amide bonds. The third kappa shape index (κ3) is 3.47. The Morgan fingerprint density at radius 2 is 2.21 bits per heavy atom. The molecule has 0 aromatic heterocycles. The van der Waals surface area contributed by atoms with Crippen LogP contribution in [0.25, 0.3) is 0 Å². The summed E-state index contributed by atoms with van der Waals surface area (Å²) in [5, 5.41) is 2.79. The number of nitrogens with two attached hydrogens (primary N) is 1. The number of anilines is 1. The highest BCUT2D eigenvalue weighted by Gasteiger charge is 2.28. The van der Waals surface area contributed by atoms with Gasteiger partial charge in [0.25, 0.3) is 5.91 Å². The topological polar surface area (TPSA) is 89.3 Å². The summed E-state index contributed by atoms with van der Waals surface area (Å²) >= 11 is 0. The molecular weight excluding hydrogens is 264 g/mol. The number of benzene rings is 1. The molecular formula is C13H18N2O3S. The summed E-state index contributed by atoms with van der Waals surface area (Å²) in [6.45, 7) is 2.24. The van der Waals surface area contributed by atoms with E-state index in [1.807, 2.05) is 6.92 Å². The number of hydrogen-bond acceptors (Lipinski definition) is 4. The lowest BCUT2D eigenvalue weighted by molar-refractivity contribution is 0.0948. The third-order valence-electron chi connectivity index (χ3n) is 3.38. The fraction of sp³-hybridized carbons (Fsp3) is 0.462. The van der Waals surface area contributed by atoms with Crippen LogP contribution in [-0.4, -0.2) is 32.4 Å². The predicted molar refractivity (Wildman–Crippen MR) is 74.7 cm³/mol. The molecule has 5 nitrogen and oxygen atoms in total. The minimum Gasteiger partial charge on any atom is -0.399 e. The zero-order chi connectivity index (χ0) is 14.0. The van der Waals surface area contributed by atoms with Crippen LogP contribution in [0.15, 0.2) is 18.2 Å². The van der Waals surface area contributed by atoms with E-state index < -0.39 is 9.84 Å². The Morgan fingerprint density at radius 1 is 1.47 bits per heavy atom. The van der Waals surface area contributed by atoms with Crippen molar-refractivity contribution < 1.29 is 13.2 Å². The van der Waals surface area contributed by atoms with Crippen LogP contribution in [0.3, 0.4) is 0 Å². The van der Waals surface area contributed by atoms with Gasteiger partial charge in [-0.3, -0.25) is 4.79 Å². The van der Waals surface area contributed by atoms with Crippen LogP contribution < -0.4 is 11.1 Å². The van der Waals surface area contributed by atoms with Gasteiger partial charge in [-0.05, 0) is 37.0 Å². The first-order chi connectivity index (χ1) is 8.87. The standard InChI is InChI=1S/C13H18N2O3S/c1-9-2-3-11(14)6-12(9)13(16)15-7-10-4-5-19(17,18)8-10/h2-3,6,10H,4-5,7-8,14H2,1H3,(H,15,16). The molecule has 1 heterocycles. The van der Waals surface area contributed by atoms with Crippen molar-refractivity contribution in [2.45, 2.75) is 13.3 Å².